The maximum absolute atomic E-state index is 13.5. The lowest BCUT2D eigenvalue weighted by Crippen LogP contribution is -2.27. The highest BCUT2D eigenvalue weighted by Gasteiger charge is 2.25. The number of carboxylic acid groups (broad SMARTS) is 1. The van der Waals surface area contributed by atoms with E-state index >= 15 is 0 Å². The van der Waals surface area contributed by atoms with E-state index in [9.17, 15) is 19.5 Å². The predicted octanol–water partition coefficient (Wildman–Crippen LogP) is 3.51. The summed E-state index contributed by atoms with van der Waals surface area (Å²) in [5.41, 5.74) is 7.62. The van der Waals surface area contributed by atoms with Gasteiger partial charge in [-0.25, -0.2) is 9.78 Å². The number of nitrogens with one attached hydrogen (secondary N) is 3. The second-order valence-corrected chi connectivity index (χ2v) is 9.15. The summed E-state index contributed by atoms with van der Waals surface area (Å²) in [4.78, 5) is 42.4. The minimum Gasteiger partial charge on any atom is -0.496 e. The number of carboxylic acids is 1. The van der Waals surface area contributed by atoms with Gasteiger partial charge in [0.2, 0.25) is 0 Å². The SMILES string of the molecule is C=Cc1cc(C(=O)NC2=CC=C(C(=N)N)CC2)c(-c2ccc(C(=O)NCC3CC3)nc2C(=O)O)cc1OC. The van der Waals surface area contributed by atoms with Crippen molar-refractivity contribution in [3.05, 3.63) is 76.8 Å². The molecule has 2 aliphatic carbocycles. The van der Waals surface area contributed by atoms with Crippen LogP contribution in [0.4, 0.5) is 0 Å². The van der Waals surface area contributed by atoms with Crippen molar-refractivity contribution in [1.82, 2.24) is 15.6 Å². The third kappa shape index (κ3) is 5.80. The first-order valence-corrected chi connectivity index (χ1v) is 12.1. The van der Waals surface area contributed by atoms with Crippen molar-refractivity contribution < 1.29 is 24.2 Å². The van der Waals surface area contributed by atoms with Crippen LogP contribution in [0.15, 0.2) is 54.3 Å². The number of benzene rings is 1. The molecule has 1 saturated carbocycles. The molecule has 0 unspecified atom stereocenters. The number of allylic oxidation sites excluding steroid dienone is 3. The van der Waals surface area contributed by atoms with E-state index in [1.54, 1.807) is 24.3 Å². The van der Waals surface area contributed by atoms with E-state index in [-0.39, 0.29) is 33.9 Å². The molecule has 38 heavy (non-hydrogen) atoms. The summed E-state index contributed by atoms with van der Waals surface area (Å²) in [6.45, 7) is 4.30. The highest BCUT2D eigenvalue weighted by Crippen LogP contribution is 2.34. The molecule has 0 atom stereocenters. The highest BCUT2D eigenvalue weighted by molar-refractivity contribution is 6.06. The molecule has 4 rings (SSSR count). The first-order valence-electron chi connectivity index (χ1n) is 12.1. The summed E-state index contributed by atoms with van der Waals surface area (Å²) in [7, 11) is 1.46. The fraction of sp³-hybridized carbons (Fsp3) is 0.250. The van der Waals surface area contributed by atoms with Gasteiger partial charge >= 0.3 is 5.97 Å². The fourth-order valence-corrected chi connectivity index (χ4v) is 4.14. The van der Waals surface area contributed by atoms with E-state index in [1.807, 2.05) is 0 Å². The zero-order valence-corrected chi connectivity index (χ0v) is 21.0. The second kappa shape index (κ2) is 11.1. The molecular weight excluding hydrogens is 486 g/mol. The van der Waals surface area contributed by atoms with Crippen molar-refractivity contribution in [2.45, 2.75) is 25.7 Å². The lowest BCUT2D eigenvalue weighted by Gasteiger charge is -2.18. The van der Waals surface area contributed by atoms with E-state index in [4.69, 9.17) is 15.9 Å². The molecule has 10 nitrogen and oxygen atoms in total. The van der Waals surface area contributed by atoms with Crippen LogP contribution < -0.4 is 21.1 Å². The number of hydrogen-bond acceptors (Lipinski definition) is 6. The van der Waals surface area contributed by atoms with Crippen LogP contribution in [0.5, 0.6) is 5.75 Å². The minimum absolute atomic E-state index is 0.0157. The van der Waals surface area contributed by atoms with Crippen LogP contribution in [-0.4, -0.2) is 47.4 Å². The lowest BCUT2D eigenvalue weighted by atomic mass is 9.94. The van der Waals surface area contributed by atoms with Crippen LogP contribution >= 0.6 is 0 Å². The number of amides is 2. The van der Waals surface area contributed by atoms with E-state index in [0.29, 0.717) is 47.9 Å². The zero-order chi connectivity index (χ0) is 27.4. The van der Waals surface area contributed by atoms with Crippen LogP contribution in [0.1, 0.15) is 62.6 Å². The molecule has 0 spiro atoms. The molecule has 0 radical (unpaired) electrons. The third-order valence-electron chi connectivity index (χ3n) is 6.47. The largest absolute Gasteiger partial charge is 0.496 e. The number of pyridine rings is 1. The Balaban J connectivity index is 1.74. The van der Waals surface area contributed by atoms with Gasteiger partial charge in [-0.05, 0) is 67.5 Å². The lowest BCUT2D eigenvalue weighted by molar-refractivity contribution is 0.0690. The summed E-state index contributed by atoms with van der Waals surface area (Å²) in [6, 6.07) is 6.05. The number of aromatic nitrogens is 1. The average molecular weight is 516 g/mol. The van der Waals surface area contributed by atoms with Crippen LogP contribution in [0.2, 0.25) is 0 Å². The molecule has 2 aliphatic rings. The van der Waals surface area contributed by atoms with E-state index in [0.717, 1.165) is 12.8 Å². The topological polar surface area (TPSA) is 167 Å². The molecular formula is C28H29N5O5. The monoisotopic (exact) mass is 515 g/mol. The zero-order valence-electron chi connectivity index (χ0n) is 21.0. The molecule has 10 heteroatoms. The van der Waals surface area contributed by atoms with Gasteiger partial charge in [-0.3, -0.25) is 15.0 Å². The number of hydrogen-bond donors (Lipinski definition) is 5. The summed E-state index contributed by atoms with van der Waals surface area (Å²) in [6.07, 6.45) is 8.01. The maximum Gasteiger partial charge on any atom is 0.355 e. The average Bonchev–Trinajstić information content (AvgIpc) is 3.75. The second-order valence-electron chi connectivity index (χ2n) is 9.15. The molecule has 1 fully saturated rings. The molecule has 0 saturated heterocycles. The van der Waals surface area contributed by atoms with Gasteiger partial charge in [-0.15, -0.1) is 0 Å². The van der Waals surface area contributed by atoms with Gasteiger partial charge in [0.15, 0.2) is 5.69 Å². The van der Waals surface area contributed by atoms with Crippen molar-refractivity contribution in [3.8, 4) is 16.9 Å². The molecule has 2 aromatic rings. The molecule has 6 N–H and O–H groups in total. The smallest absolute Gasteiger partial charge is 0.355 e. The third-order valence-corrected chi connectivity index (χ3v) is 6.47. The van der Waals surface area contributed by atoms with E-state index in [2.05, 4.69) is 22.2 Å². The van der Waals surface area contributed by atoms with Gasteiger partial charge < -0.3 is 26.2 Å². The molecule has 0 bridgehead atoms. The van der Waals surface area contributed by atoms with Crippen LogP contribution in [0.25, 0.3) is 17.2 Å². The van der Waals surface area contributed by atoms with Crippen molar-refractivity contribution >= 4 is 29.7 Å². The Bertz CT molecular complexity index is 1400. The summed E-state index contributed by atoms with van der Waals surface area (Å²) < 4.78 is 5.45. The Labute approximate surface area is 219 Å². The normalized spacial score (nSPS) is 14.6. The van der Waals surface area contributed by atoms with Crippen LogP contribution in [0, 0.1) is 11.3 Å². The number of amidine groups is 1. The summed E-state index contributed by atoms with van der Waals surface area (Å²) in [5, 5.41) is 23.2. The fourth-order valence-electron chi connectivity index (χ4n) is 4.14. The van der Waals surface area contributed by atoms with Crippen LogP contribution in [0.3, 0.4) is 0 Å². The van der Waals surface area contributed by atoms with Gasteiger partial charge in [-0.2, -0.15) is 0 Å². The number of nitrogens with zero attached hydrogens (tertiary/aromatic N) is 1. The number of rotatable bonds is 10. The standard InChI is InChI=1S/C28H29N5O5/c1-3-16-12-21(26(34)32-18-8-6-17(7-9-18)25(29)30)20(13-23(16)38-2)19-10-11-22(33-24(19)28(36)37)27(35)31-14-15-4-5-15/h3,6,8,10-13,15H,1,4-5,7,9,14H2,2H3,(H3,29,30)(H,31,35)(H,32,34)(H,36,37). The Kier molecular flexibility index (Phi) is 7.71. The van der Waals surface area contributed by atoms with Gasteiger partial charge in [0.05, 0.1) is 7.11 Å². The van der Waals surface area contributed by atoms with Gasteiger partial charge in [0, 0.05) is 34.5 Å². The molecule has 0 aliphatic heterocycles. The molecule has 196 valence electrons. The van der Waals surface area contributed by atoms with E-state index in [1.165, 1.54) is 25.3 Å². The quantitative estimate of drug-likeness (QED) is 0.238. The Morgan fingerprint density at radius 1 is 1.18 bits per heavy atom. The Hall–Kier alpha value is -4.73. The van der Waals surface area contributed by atoms with Crippen LogP contribution in [-0.2, 0) is 0 Å². The number of ether oxygens (including phenoxy) is 1. The summed E-state index contributed by atoms with van der Waals surface area (Å²) >= 11 is 0. The minimum atomic E-state index is -1.34. The number of carbonyl (C=O) groups is 3. The maximum atomic E-state index is 13.5. The number of nitrogens with two attached hydrogens (primary N) is 1. The van der Waals surface area contributed by atoms with Crippen molar-refractivity contribution in [2.75, 3.05) is 13.7 Å². The van der Waals surface area contributed by atoms with Gasteiger partial charge in [0.1, 0.15) is 17.3 Å². The molecule has 1 heterocycles. The van der Waals surface area contributed by atoms with Crippen molar-refractivity contribution in [1.29, 1.82) is 5.41 Å². The Morgan fingerprint density at radius 3 is 2.53 bits per heavy atom. The van der Waals surface area contributed by atoms with Gasteiger partial charge in [-0.1, -0.05) is 18.7 Å². The number of aromatic carboxylic acids is 1. The first-order chi connectivity index (χ1) is 18.2. The Morgan fingerprint density at radius 2 is 1.95 bits per heavy atom. The predicted molar refractivity (Wildman–Crippen MR) is 143 cm³/mol. The molecule has 1 aromatic carbocycles. The summed E-state index contributed by atoms with van der Waals surface area (Å²) in [5.74, 6) is -1.44. The van der Waals surface area contributed by atoms with Gasteiger partial charge in [0.25, 0.3) is 11.8 Å². The van der Waals surface area contributed by atoms with Crippen molar-refractivity contribution in [2.24, 2.45) is 11.7 Å². The number of methoxy groups -OCH3 is 1. The molecule has 2 amide bonds. The first kappa shape index (κ1) is 26.3. The number of carbonyl (C=O) groups excluding carboxylic acids is 2. The highest BCUT2D eigenvalue weighted by atomic mass is 16.5. The molecule has 1 aromatic heterocycles. The van der Waals surface area contributed by atoms with Crippen molar-refractivity contribution in [3.63, 3.8) is 0 Å². The van der Waals surface area contributed by atoms with E-state index < -0.39 is 17.8 Å².